The molecule has 1 aromatic carbocycles. The van der Waals surface area contributed by atoms with E-state index >= 15 is 0 Å². The summed E-state index contributed by atoms with van der Waals surface area (Å²) in [7, 11) is -4.81. The number of carbonyl (C=O) groups is 2. The molecule has 0 spiro atoms. The molecule has 0 fully saturated rings. The standard InChI is InChI=1S/C46H78O7S.Na/c1-3-5-7-9-11-13-15-17-19-21-23-25-27-29-31-33-35-39-52-45(47)43-38-37-42(54(49,50)51)41-44(43)46(48)53-40-36-34-32-30-28-26-24-22-20-18-16-14-12-10-8-6-4-2;/h3-6,37-38,41H,7-36,39-40H2,1-2H3,(H,49,50,51);/q;+1/p-1/b5-3+,6-4+;. The van der Waals surface area contributed by atoms with Crippen LogP contribution in [0.1, 0.15) is 227 Å². The maximum absolute atomic E-state index is 12.9. The van der Waals surface area contributed by atoms with Crippen LogP contribution in [0.15, 0.2) is 47.4 Å². The Kier molecular flexibility index (Phi) is 37.1. The molecule has 0 aliphatic heterocycles. The van der Waals surface area contributed by atoms with Crippen molar-refractivity contribution in [1.29, 1.82) is 0 Å². The van der Waals surface area contributed by atoms with Crippen molar-refractivity contribution in [1.82, 2.24) is 0 Å². The third-order valence-corrected chi connectivity index (χ3v) is 11.0. The number of unbranched alkanes of at least 4 members (excludes halogenated alkanes) is 28. The van der Waals surface area contributed by atoms with Gasteiger partial charge < -0.3 is 14.0 Å². The van der Waals surface area contributed by atoms with Crippen molar-refractivity contribution < 1.29 is 61.6 Å². The largest absolute Gasteiger partial charge is 1.00 e. The average molecular weight is 797 g/mol. The fraction of sp³-hybridized carbons (Fsp3) is 0.739. The van der Waals surface area contributed by atoms with Crippen LogP contribution in [-0.4, -0.2) is 38.1 Å². The van der Waals surface area contributed by atoms with Gasteiger partial charge >= 0.3 is 41.5 Å². The maximum atomic E-state index is 12.9. The second kappa shape index (κ2) is 38.1. The molecule has 9 heteroatoms. The fourth-order valence-corrected chi connectivity index (χ4v) is 7.31. The molecule has 0 aliphatic rings. The van der Waals surface area contributed by atoms with Gasteiger partial charge in [-0.25, -0.2) is 18.0 Å². The van der Waals surface area contributed by atoms with Gasteiger partial charge in [0.05, 0.1) is 29.2 Å². The molecule has 0 aliphatic carbocycles. The fourth-order valence-electron chi connectivity index (χ4n) is 6.82. The zero-order valence-electron chi connectivity index (χ0n) is 35.4. The molecular weight excluding hydrogens is 720 g/mol. The number of allylic oxidation sites excluding steroid dienone is 4. The summed E-state index contributed by atoms with van der Waals surface area (Å²) in [6.45, 7) is 4.54. The van der Waals surface area contributed by atoms with Gasteiger partial charge in [0.2, 0.25) is 0 Å². The molecule has 1 rings (SSSR count). The van der Waals surface area contributed by atoms with E-state index < -0.39 is 27.0 Å². The zero-order chi connectivity index (χ0) is 39.4. The number of benzene rings is 1. The molecular formula is C46H77NaO7S. The second-order valence-corrected chi connectivity index (χ2v) is 16.4. The van der Waals surface area contributed by atoms with Crippen LogP contribution >= 0.6 is 0 Å². The normalized spacial score (nSPS) is 11.7. The van der Waals surface area contributed by atoms with Crippen LogP contribution in [0.3, 0.4) is 0 Å². The Hall–Kier alpha value is -1.45. The summed E-state index contributed by atoms with van der Waals surface area (Å²) in [5, 5.41) is 0. The number of ether oxygens (including phenoxy) is 2. The number of esters is 2. The van der Waals surface area contributed by atoms with Gasteiger partial charge in [-0.05, 0) is 70.6 Å². The number of carbonyl (C=O) groups excluding carboxylic acids is 2. The van der Waals surface area contributed by atoms with Crippen LogP contribution in [-0.2, 0) is 19.6 Å². The summed E-state index contributed by atoms with van der Waals surface area (Å²) < 4.78 is 45.8. The van der Waals surface area contributed by atoms with E-state index in [0.717, 1.165) is 44.2 Å². The monoisotopic (exact) mass is 797 g/mol. The van der Waals surface area contributed by atoms with Crippen molar-refractivity contribution in [2.24, 2.45) is 0 Å². The molecule has 0 N–H and O–H groups in total. The first kappa shape index (κ1) is 53.6. The molecule has 0 radical (unpaired) electrons. The van der Waals surface area contributed by atoms with Crippen molar-refractivity contribution in [2.45, 2.75) is 211 Å². The van der Waals surface area contributed by atoms with Crippen LogP contribution in [0.25, 0.3) is 0 Å². The SMILES string of the molecule is C/C=C/CCCCCCCCCCCCCCCCOC(=O)c1ccc(S(=O)(=O)[O-])cc1C(=O)OCCCCCCCCCCCCCCCC/C=C/C.[Na+]. The van der Waals surface area contributed by atoms with Gasteiger partial charge in [-0.1, -0.05) is 178 Å². The van der Waals surface area contributed by atoms with Crippen molar-refractivity contribution in [2.75, 3.05) is 13.2 Å². The average Bonchev–Trinajstić information content (AvgIpc) is 3.16. The minimum atomic E-state index is -4.81. The first-order chi connectivity index (χ1) is 26.3. The Morgan fingerprint density at radius 3 is 1.09 bits per heavy atom. The molecule has 0 unspecified atom stereocenters. The molecule has 0 bridgehead atoms. The van der Waals surface area contributed by atoms with E-state index in [2.05, 4.69) is 38.2 Å². The van der Waals surface area contributed by atoms with Gasteiger partial charge in [-0.15, -0.1) is 0 Å². The van der Waals surface area contributed by atoms with Gasteiger partial charge in [-0.2, -0.15) is 0 Å². The Morgan fingerprint density at radius 1 is 0.491 bits per heavy atom. The van der Waals surface area contributed by atoms with E-state index in [1.807, 2.05) is 0 Å². The Balaban J connectivity index is 0.0000292. The van der Waals surface area contributed by atoms with Gasteiger partial charge in [0.25, 0.3) is 0 Å². The molecule has 55 heavy (non-hydrogen) atoms. The van der Waals surface area contributed by atoms with Gasteiger partial charge in [0, 0.05) is 0 Å². The van der Waals surface area contributed by atoms with Crippen LogP contribution in [0, 0.1) is 0 Å². The van der Waals surface area contributed by atoms with E-state index in [0.29, 0.717) is 12.8 Å². The summed E-state index contributed by atoms with van der Waals surface area (Å²) >= 11 is 0. The summed E-state index contributed by atoms with van der Waals surface area (Å²) in [6.07, 6.45) is 45.2. The minimum absolute atomic E-state index is 0. The summed E-state index contributed by atoms with van der Waals surface area (Å²) in [5.41, 5.74) is -0.335. The number of rotatable bonds is 37. The van der Waals surface area contributed by atoms with E-state index in [1.54, 1.807) is 0 Å². The quantitative estimate of drug-likeness (QED) is 0.0217. The summed E-state index contributed by atoms with van der Waals surface area (Å²) in [5.74, 6) is -1.54. The van der Waals surface area contributed by atoms with Crippen LogP contribution < -0.4 is 29.6 Å². The Bertz CT molecular complexity index is 1240. The predicted molar refractivity (Wildman–Crippen MR) is 223 cm³/mol. The minimum Gasteiger partial charge on any atom is -0.744 e. The molecule has 0 heterocycles. The molecule has 1 aromatic rings. The number of hydrogen-bond donors (Lipinski definition) is 0. The molecule has 0 saturated heterocycles. The van der Waals surface area contributed by atoms with Crippen molar-refractivity contribution in [3.63, 3.8) is 0 Å². The Morgan fingerprint density at radius 2 is 0.782 bits per heavy atom. The van der Waals surface area contributed by atoms with Crippen LogP contribution in [0.4, 0.5) is 0 Å². The van der Waals surface area contributed by atoms with Crippen molar-refractivity contribution in [3.05, 3.63) is 53.6 Å². The first-order valence-electron chi connectivity index (χ1n) is 22.0. The third kappa shape index (κ3) is 31.3. The summed E-state index contributed by atoms with van der Waals surface area (Å²) in [6, 6.07) is 3.14. The topological polar surface area (TPSA) is 110 Å². The van der Waals surface area contributed by atoms with E-state index in [1.165, 1.54) is 154 Å². The molecule has 0 aromatic heterocycles. The number of hydrogen-bond acceptors (Lipinski definition) is 7. The molecule has 0 atom stereocenters. The molecule has 0 saturated carbocycles. The van der Waals surface area contributed by atoms with E-state index in [4.69, 9.17) is 9.47 Å². The van der Waals surface area contributed by atoms with E-state index in [-0.39, 0.29) is 53.9 Å². The van der Waals surface area contributed by atoms with Crippen LogP contribution in [0.5, 0.6) is 0 Å². The van der Waals surface area contributed by atoms with Crippen LogP contribution in [0.2, 0.25) is 0 Å². The van der Waals surface area contributed by atoms with Crippen molar-refractivity contribution >= 4 is 22.1 Å². The first-order valence-corrected chi connectivity index (χ1v) is 23.4. The van der Waals surface area contributed by atoms with Crippen molar-refractivity contribution in [3.8, 4) is 0 Å². The molecule has 310 valence electrons. The molecule has 0 amide bonds. The van der Waals surface area contributed by atoms with Gasteiger partial charge in [0.15, 0.2) is 0 Å². The maximum Gasteiger partial charge on any atom is 1.00 e. The second-order valence-electron chi connectivity index (χ2n) is 15.0. The van der Waals surface area contributed by atoms with Gasteiger partial charge in [0.1, 0.15) is 10.1 Å². The van der Waals surface area contributed by atoms with E-state index in [9.17, 15) is 22.6 Å². The molecule has 7 nitrogen and oxygen atoms in total. The zero-order valence-corrected chi connectivity index (χ0v) is 38.3. The summed E-state index contributed by atoms with van der Waals surface area (Å²) in [4.78, 5) is 25.2. The Labute approximate surface area is 359 Å². The third-order valence-electron chi connectivity index (χ3n) is 10.2. The van der Waals surface area contributed by atoms with Gasteiger partial charge in [-0.3, -0.25) is 0 Å². The predicted octanol–water partition coefficient (Wildman–Crippen LogP) is 10.8. The smallest absolute Gasteiger partial charge is 0.744 e.